The third-order valence-corrected chi connectivity index (χ3v) is 4.76. The van der Waals surface area contributed by atoms with Crippen LogP contribution < -0.4 is 10.9 Å². The van der Waals surface area contributed by atoms with Crippen molar-refractivity contribution in [1.82, 2.24) is 19.7 Å². The van der Waals surface area contributed by atoms with E-state index in [9.17, 15) is 9.59 Å². The average molecular weight is 367 g/mol. The van der Waals surface area contributed by atoms with E-state index in [-0.39, 0.29) is 17.4 Å². The summed E-state index contributed by atoms with van der Waals surface area (Å²) in [5.74, 6) is 1.62. The van der Waals surface area contributed by atoms with Crippen LogP contribution in [-0.4, -0.2) is 25.7 Å². The Morgan fingerprint density at radius 2 is 2.19 bits per heavy atom. The number of nitrogens with zero attached hydrogens (tertiary/aromatic N) is 3. The van der Waals surface area contributed by atoms with Crippen molar-refractivity contribution in [2.24, 2.45) is 5.92 Å². The summed E-state index contributed by atoms with van der Waals surface area (Å²) in [6.07, 6.45) is 6.60. The van der Waals surface area contributed by atoms with E-state index in [1.807, 2.05) is 0 Å². The molecule has 0 aliphatic heterocycles. The van der Waals surface area contributed by atoms with Crippen molar-refractivity contribution in [3.63, 3.8) is 0 Å². The van der Waals surface area contributed by atoms with Crippen LogP contribution in [0.1, 0.15) is 37.8 Å². The molecule has 2 N–H and O–H groups in total. The summed E-state index contributed by atoms with van der Waals surface area (Å²) in [5, 5.41) is 7.38. The summed E-state index contributed by atoms with van der Waals surface area (Å²) in [4.78, 5) is 31.3. The molecule has 140 valence electrons. The highest BCUT2D eigenvalue weighted by molar-refractivity contribution is 5.90. The fourth-order valence-corrected chi connectivity index (χ4v) is 3.51. The molecule has 3 heterocycles. The van der Waals surface area contributed by atoms with E-state index in [1.54, 1.807) is 31.4 Å². The van der Waals surface area contributed by atoms with Gasteiger partial charge in [-0.3, -0.25) is 14.6 Å². The van der Waals surface area contributed by atoms with Gasteiger partial charge in [-0.05, 0) is 37.8 Å². The first-order valence-corrected chi connectivity index (χ1v) is 9.10. The van der Waals surface area contributed by atoms with Crippen LogP contribution in [0.5, 0.6) is 0 Å². The predicted octanol–water partition coefficient (Wildman–Crippen LogP) is 3.04. The molecule has 0 unspecified atom stereocenters. The molecule has 1 amide bonds. The molecular weight excluding hydrogens is 346 g/mol. The second-order valence-electron chi connectivity index (χ2n) is 6.92. The van der Waals surface area contributed by atoms with E-state index in [4.69, 9.17) is 4.42 Å². The van der Waals surface area contributed by atoms with E-state index in [1.165, 1.54) is 23.6 Å². The molecule has 1 aliphatic carbocycles. The molecule has 3 aromatic heterocycles. The number of aromatic amines is 1. The summed E-state index contributed by atoms with van der Waals surface area (Å²) >= 11 is 0. The Hall–Kier alpha value is -3.16. The van der Waals surface area contributed by atoms with Gasteiger partial charge < -0.3 is 9.73 Å². The number of amides is 1. The number of rotatable bonds is 5. The highest BCUT2D eigenvalue weighted by Crippen LogP contribution is 2.28. The van der Waals surface area contributed by atoms with Crippen LogP contribution in [0.15, 0.2) is 39.7 Å². The lowest BCUT2D eigenvalue weighted by atomic mass is 10.0. The molecule has 1 saturated carbocycles. The van der Waals surface area contributed by atoms with Gasteiger partial charge in [0.2, 0.25) is 11.9 Å². The van der Waals surface area contributed by atoms with Gasteiger partial charge in [0.15, 0.2) is 5.76 Å². The number of carbonyl (C=O) groups is 1. The zero-order valence-electron chi connectivity index (χ0n) is 15.1. The number of aryl methyl sites for hydroxylation is 1. The third-order valence-electron chi connectivity index (χ3n) is 4.76. The van der Waals surface area contributed by atoms with Crippen molar-refractivity contribution < 1.29 is 9.21 Å². The molecular formula is C19H21N5O3. The smallest absolute Gasteiger partial charge is 0.252 e. The lowest BCUT2D eigenvalue weighted by molar-refractivity contribution is -0.117. The molecule has 4 rings (SSSR count). The number of hydrogen-bond donors (Lipinski definition) is 2. The first kappa shape index (κ1) is 17.3. The van der Waals surface area contributed by atoms with Crippen LogP contribution >= 0.6 is 0 Å². The topological polar surface area (TPSA) is 106 Å². The summed E-state index contributed by atoms with van der Waals surface area (Å²) in [6, 6.07) is 6.66. The zero-order valence-corrected chi connectivity index (χ0v) is 15.1. The van der Waals surface area contributed by atoms with E-state index in [0.29, 0.717) is 35.3 Å². The first-order valence-electron chi connectivity index (χ1n) is 9.10. The lowest BCUT2D eigenvalue weighted by Gasteiger charge is -2.11. The van der Waals surface area contributed by atoms with Gasteiger partial charge in [-0.1, -0.05) is 12.8 Å². The molecule has 0 aromatic carbocycles. The maximum absolute atomic E-state index is 12.5. The molecule has 0 spiro atoms. The number of carbonyl (C=O) groups excluding carboxylic acids is 1. The van der Waals surface area contributed by atoms with Gasteiger partial charge in [0.05, 0.1) is 6.26 Å². The number of H-pyrrole nitrogens is 1. The summed E-state index contributed by atoms with van der Waals surface area (Å²) in [7, 11) is 0. The van der Waals surface area contributed by atoms with Crippen molar-refractivity contribution in [2.75, 3.05) is 5.32 Å². The van der Waals surface area contributed by atoms with Gasteiger partial charge >= 0.3 is 0 Å². The first-order chi connectivity index (χ1) is 13.1. The fraction of sp³-hybridized carbons (Fsp3) is 0.368. The maximum Gasteiger partial charge on any atom is 0.252 e. The minimum Gasteiger partial charge on any atom is -0.463 e. The van der Waals surface area contributed by atoms with E-state index >= 15 is 0 Å². The van der Waals surface area contributed by atoms with E-state index in [2.05, 4.69) is 20.4 Å². The van der Waals surface area contributed by atoms with Crippen molar-refractivity contribution in [1.29, 1.82) is 0 Å². The third kappa shape index (κ3) is 3.84. The van der Waals surface area contributed by atoms with Crippen molar-refractivity contribution in [3.8, 4) is 17.4 Å². The van der Waals surface area contributed by atoms with Crippen LogP contribution in [0.2, 0.25) is 0 Å². The Kier molecular flexibility index (Phi) is 4.62. The summed E-state index contributed by atoms with van der Waals surface area (Å²) in [5.41, 5.74) is 0.822. The van der Waals surface area contributed by atoms with E-state index in [0.717, 1.165) is 12.8 Å². The molecule has 1 fully saturated rings. The minimum atomic E-state index is -0.282. The molecule has 8 nitrogen and oxygen atoms in total. The number of furan rings is 1. The molecule has 27 heavy (non-hydrogen) atoms. The quantitative estimate of drug-likeness (QED) is 0.721. The van der Waals surface area contributed by atoms with Crippen LogP contribution in [0, 0.1) is 12.8 Å². The van der Waals surface area contributed by atoms with Gasteiger partial charge in [0.1, 0.15) is 11.5 Å². The second-order valence-corrected chi connectivity index (χ2v) is 6.92. The Bertz CT molecular complexity index is 997. The highest BCUT2D eigenvalue weighted by Gasteiger charge is 2.21. The Labute approximate surface area is 155 Å². The van der Waals surface area contributed by atoms with Crippen molar-refractivity contribution in [3.05, 3.63) is 46.6 Å². The number of anilines is 1. The number of nitrogens with one attached hydrogen (secondary N) is 2. The largest absolute Gasteiger partial charge is 0.463 e. The highest BCUT2D eigenvalue weighted by atomic mass is 16.3. The van der Waals surface area contributed by atoms with Crippen LogP contribution in [-0.2, 0) is 4.79 Å². The molecule has 8 heteroatoms. The molecule has 0 radical (unpaired) electrons. The van der Waals surface area contributed by atoms with Crippen LogP contribution in [0.3, 0.4) is 0 Å². The van der Waals surface area contributed by atoms with Crippen LogP contribution in [0.25, 0.3) is 17.4 Å². The summed E-state index contributed by atoms with van der Waals surface area (Å²) in [6.45, 7) is 1.73. The Morgan fingerprint density at radius 1 is 1.37 bits per heavy atom. The molecule has 0 bridgehead atoms. The predicted molar refractivity (Wildman–Crippen MR) is 99.6 cm³/mol. The molecule has 0 atom stereocenters. The SMILES string of the molecule is Cc1cc(=O)[nH]c(-n2nc(-c3ccco3)cc2NC(=O)CC2CCCC2)n1. The Balaban J connectivity index is 1.67. The van der Waals surface area contributed by atoms with Gasteiger partial charge in [0, 0.05) is 24.2 Å². The van der Waals surface area contributed by atoms with Gasteiger partial charge in [-0.15, -0.1) is 0 Å². The number of hydrogen-bond acceptors (Lipinski definition) is 5. The van der Waals surface area contributed by atoms with Crippen molar-refractivity contribution >= 4 is 11.7 Å². The zero-order chi connectivity index (χ0) is 18.8. The summed E-state index contributed by atoms with van der Waals surface area (Å²) < 4.78 is 6.83. The average Bonchev–Trinajstić information content (AvgIpc) is 3.35. The Morgan fingerprint density at radius 3 is 2.89 bits per heavy atom. The molecule has 1 aliphatic rings. The van der Waals surface area contributed by atoms with Crippen LogP contribution in [0.4, 0.5) is 5.82 Å². The maximum atomic E-state index is 12.5. The standard InChI is InChI=1S/C19H21N5O3/c1-12-9-17(25)22-19(20-12)24-16(11-14(23-24)15-7-4-8-27-15)21-18(26)10-13-5-2-3-6-13/h4,7-9,11,13H,2-3,5-6,10H2,1H3,(H,21,26)(H,20,22,25). The van der Waals surface area contributed by atoms with E-state index < -0.39 is 0 Å². The van der Waals surface area contributed by atoms with Crippen molar-refractivity contribution in [2.45, 2.75) is 39.0 Å². The fourth-order valence-electron chi connectivity index (χ4n) is 3.51. The normalized spacial score (nSPS) is 14.6. The molecule has 3 aromatic rings. The number of aromatic nitrogens is 4. The van der Waals surface area contributed by atoms with Gasteiger partial charge in [-0.25, -0.2) is 4.98 Å². The lowest BCUT2D eigenvalue weighted by Crippen LogP contribution is -2.20. The minimum absolute atomic E-state index is 0.0657. The molecule has 0 saturated heterocycles. The monoisotopic (exact) mass is 367 g/mol. The van der Waals surface area contributed by atoms with Gasteiger partial charge in [-0.2, -0.15) is 9.78 Å². The van der Waals surface area contributed by atoms with Gasteiger partial charge in [0.25, 0.3) is 5.56 Å². The second kappa shape index (κ2) is 7.22.